The predicted octanol–water partition coefficient (Wildman–Crippen LogP) is 3.78. The lowest BCUT2D eigenvalue weighted by Crippen LogP contribution is -2.06. The number of alkyl halides is 3. The summed E-state index contributed by atoms with van der Waals surface area (Å²) in [6.45, 7) is 1.80. The lowest BCUT2D eigenvalue weighted by atomic mass is 10.2. The van der Waals surface area contributed by atoms with Gasteiger partial charge in [-0.3, -0.25) is 4.98 Å². The highest BCUT2D eigenvalue weighted by molar-refractivity contribution is 5.49. The van der Waals surface area contributed by atoms with Crippen LogP contribution in [0.2, 0.25) is 0 Å². The van der Waals surface area contributed by atoms with Crippen molar-refractivity contribution in [3.05, 3.63) is 47.8 Å². The number of nitrogens with two attached hydrogens (primary N) is 1. The van der Waals surface area contributed by atoms with E-state index in [0.717, 1.165) is 17.8 Å². The number of halogens is 3. The van der Waals surface area contributed by atoms with Crippen LogP contribution in [0.4, 0.5) is 18.9 Å². The van der Waals surface area contributed by atoms with Gasteiger partial charge in [-0.25, -0.2) is 0 Å². The Morgan fingerprint density at radius 2 is 1.84 bits per heavy atom. The molecule has 6 heteroatoms. The fourth-order valence-corrected chi connectivity index (χ4v) is 1.50. The molecule has 2 aromatic rings. The van der Waals surface area contributed by atoms with Crippen LogP contribution in [0.3, 0.4) is 0 Å². The molecule has 0 bridgehead atoms. The van der Waals surface area contributed by atoms with Gasteiger partial charge in [-0.15, -0.1) is 0 Å². The zero-order valence-electron chi connectivity index (χ0n) is 10.0. The summed E-state index contributed by atoms with van der Waals surface area (Å²) in [4.78, 5) is 3.99. The third-order valence-corrected chi connectivity index (χ3v) is 2.38. The third kappa shape index (κ3) is 3.37. The van der Waals surface area contributed by atoms with Gasteiger partial charge in [-0.05, 0) is 31.2 Å². The number of hydrogen-bond donors (Lipinski definition) is 1. The zero-order chi connectivity index (χ0) is 14.0. The average Bonchev–Trinajstić information content (AvgIpc) is 2.30. The minimum Gasteiger partial charge on any atom is -0.456 e. The number of nitrogens with zero attached hydrogens (tertiary/aromatic N) is 1. The van der Waals surface area contributed by atoms with Crippen LogP contribution in [0.5, 0.6) is 11.5 Å². The van der Waals surface area contributed by atoms with Crippen LogP contribution in [-0.4, -0.2) is 4.98 Å². The van der Waals surface area contributed by atoms with Gasteiger partial charge in [0.2, 0.25) is 0 Å². The summed E-state index contributed by atoms with van der Waals surface area (Å²) in [5.74, 6) is 0.377. The van der Waals surface area contributed by atoms with E-state index < -0.39 is 11.7 Å². The summed E-state index contributed by atoms with van der Waals surface area (Å²) >= 11 is 0. The first-order chi connectivity index (χ1) is 8.84. The fourth-order valence-electron chi connectivity index (χ4n) is 1.50. The molecule has 0 aliphatic rings. The maximum absolute atomic E-state index is 12.6. The maximum atomic E-state index is 12.6. The molecule has 1 aromatic carbocycles. The van der Waals surface area contributed by atoms with Gasteiger partial charge in [-0.2, -0.15) is 13.2 Å². The van der Waals surface area contributed by atoms with Gasteiger partial charge in [0.05, 0.1) is 11.8 Å². The molecule has 0 spiro atoms. The van der Waals surface area contributed by atoms with E-state index in [2.05, 4.69) is 4.98 Å². The molecule has 3 nitrogen and oxygen atoms in total. The Morgan fingerprint density at radius 1 is 1.11 bits per heavy atom. The SMILES string of the molecule is Cc1ccc(Oc2cc(N)cc(C(F)(F)F)c2)cn1. The van der Waals surface area contributed by atoms with Crippen LogP contribution in [0.25, 0.3) is 0 Å². The Kier molecular flexibility index (Phi) is 3.33. The molecule has 0 saturated heterocycles. The van der Waals surface area contributed by atoms with Crippen LogP contribution in [0, 0.1) is 6.92 Å². The number of aryl methyl sites for hydroxylation is 1. The number of nitrogen functional groups attached to an aromatic ring is 1. The summed E-state index contributed by atoms with van der Waals surface area (Å²) in [6.07, 6.45) is -3.02. The van der Waals surface area contributed by atoms with E-state index in [1.807, 2.05) is 0 Å². The lowest BCUT2D eigenvalue weighted by Gasteiger charge is -2.11. The Balaban J connectivity index is 2.30. The van der Waals surface area contributed by atoms with Gasteiger partial charge in [0.1, 0.15) is 11.5 Å². The molecule has 0 radical (unpaired) electrons. The first-order valence-corrected chi connectivity index (χ1v) is 5.43. The highest BCUT2D eigenvalue weighted by Gasteiger charge is 2.31. The van der Waals surface area contributed by atoms with Gasteiger partial charge in [0, 0.05) is 17.4 Å². The normalized spacial score (nSPS) is 11.4. The quantitative estimate of drug-likeness (QED) is 0.843. The van der Waals surface area contributed by atoms with Crippen LogP contribution in [0.1, 0.15) is 11.3 Å². The number of benzene rings is 1. The van der Waals surface area contributed by atoms with E-state index in [9.17, 15) is 13.2 Å². The molecular formula is C13H11F3N2O. The van der Waals surface area contributed by atoms with Gasteiger partial charge in [-0.1, -0.05) is 0 Å². The Hall–Kier alpha value is -2.24. The first kappa shape index (κ1) is 13.2. The second kappa shape index (κ2) is 4.79. The number of rotatable bonds is 2. The molecule has 0 saturated carbocycles. The van der Waals surface area contributed by atoms with Crippen LogP contribution in [0.15, 0.2) is 36.5 Å². The van der Waals surface area contributed by atoms with Crippen molar-refractivity contribution in [3.8, 4) is 11.5 Å². The number of pyridine rings is 1. The standard InChI is InChI=1S/C13H11F3N2O/c1-8-2-3-11(7-18-8)19-12-5-9(13(14,15)16)4-10(17)6-12/h2-7H,17H2,1H3. The van der Waals surface area contributed by atoms with Crippen molar-refractivity contribution in [2.75, 3.05) is 5.73 Å². The fraction of sp³-hybridized carbons (Fsp3) is 0.154. The Morgan fingerprint density at radius 3 is 2.42 bits per heavy atom. The van der Waals surface area contributed by atoms with Gasteiger partial charge < -0.3 is 10.5 Å². The van der Waals surface area contributed by atoms with E-state index >= 15 is 0 Å². The van der Waals surface area contributed by atoms with E-state index in [1.165, 1.54) is 12.3 Å². The second-order valence-electron chi connectivity index (χ2n) is 4.03. The first-order valence-electron chi connectivity index (χ1n) is 5.43. The molecule has 0 atom stereocenters. The van der Waals surface area contributed by atoms with Crippen molar-refractivity contribution in [3.63, 3.8) is 0 Å². The molecule has 0 aliphatic carbocycles. The van der Waals surface area contributed by atoms with E-state index in [-0.39, 0.29) is 11.4 Å². The van der Waals surface area contributed by atoms with Crippen LogP contribution < -0.4 is 10.5 Å². The summed E-state index contributed by atoms with van der Waals surface area (Å²) in [6, 6.07) is 6.41. The molecule has 0 aliphatic heterocycles. The topological polar surface area (TPSA) is 48.1 Å². The van der Waals surface area contributed by atoms with Crippen molar-refractivity contribution in [1.29, 1.82) is 0 Å². The summed E-state index contributed by atoms with van der Waals surface area (Å²) in [5.41, 5.74) is 5.37. The number of ether oxygens (including phenoxy) is 1. The van der Waals surface area contributed by atoms with E-state index in [4.69, 9.17) is 10.5 Å². The van der Waals surface area contributed by atoms with Crippen molar-refractivity contribution < 1.29 is 17.9 Å². The lowest BCUT2D eigenvalue weighted by molar-refractivity contribution is -0.137. The summed E-state index contributed by atoms with van der Waals surface area (Å²) in [7, 11) is 0. The number of anilines is 1. The smallest absolute Gasteiger partial charge is 0.416 e. The monoisotopic (exact) mass is 268 g/mol. The van der Waals surface area contributed by atoms with Gasteiger partial charge in [0.15, 0.2) is 0 Å². The maximum Gasteiger partial charge on any atom is 0.416 e. The second-order valence-corrected chi connectivity index (χ2v) is 4.03. The number of aromatic nitrogens is 1. The van der Waals surface area contributed by atoms with Crippen LogP contribution >= 0.6 is 0 Å². The van der Waals surface area contributed by atoms with Crippen molar-refractivity contribution in [1.82, 2.24) is 4.98 Å². The molecule has 0 unspecified atom stereocenters. The van der Waals surface area contributed by atoms with Crippen molar-refractivity contribution in [2.24, 2.45) is 0 Å². The summed E-state index contributed by atoms with van der Waals surface area (Å²) in [5, 5.41) is 0. The molecule has 1 heterocycles. The van der Waals surface area contributed by atoms with E-state index in [0.29, 0.717) is 5.75 Å². The van der Waals surface area contributed by atoms with Gasteiger partial charge >= 0.3 is 6.18 Å². The van der Waals surface area contributed by atoms with Gasteiger partial charge in [0.25, 0.3) is 0 Å². The molecule has 100 valence electrons. The number of hydrogen-bond acceptors (Lipinski definition) is 3. The van der Waals surface area contributed by atoms with Crippen molar-refractivity contribution >= 4 is 5.69 Å². The molecule has 2 rings (SSSR count). The minimum atomic E-state index is -4.46. The molecular weight excluding hydrogens is 257 g/mol. The molecule has 0 fully saturated rings. The largest absolute Gasteiger partial charge is 0.456 e. The average molecular weight is 268 g/mol. The molecule has 1 aromatic heterocycles. The van der Waals surface area contributed by atoms with E-state index in [1.54, 1.807) is 19.1 Å². The zero-order valence-corrected chi connectivity index (χ0v) is 10.0. The highest BCUT2D eigenvalue weighted by Crippen LogP contribution is 2.34. The van der Waals surface area contributed by atoms with Crippen LogP contribution in [-0.2, 0) is 6.18 Å². The molecule has 19 heavy (non-hydrogen) atoms. The summed E-state index contributed by atoms with van der Waals surface area (Å²) < 4.78 is 43.2. The van der Waals surface area contributed by atoms with Crippen molar-refractivity contribution in [2.45, 2.75) is 13.1 Å². The Labute approximate surface area is 107 Å². The minimum absolute atomic E-state index is 0.00936. The molecule has 0 amide bonds. The Bertz CT molecular complexity index is 579. The third-order valence-electron chi connectivity index (χ3n) is 2.38. The molecule has 2 N–H and O–H groups in total. The predicted molar refractivity (Wildman–Crippen MR) is 64.9 cm³/mol. The highest BCUT2D eigenvalue weighted by atomic mass is 19.4.